The van der Waals surface area contributed by atoms with E-state index < -0.39 is 0 Å². The lowest BCUT2D eigenvalue weighted by Gasteiger charge is -2.30. The Hall–Kier alpha value is -0.610. The highest BCUT2D eigenvalue weighted by Gasteiger charge is 2.16. The van der Waals surface area contributed by atoms with E-state index in [1.165, 1.54) is 13.5 Å². The molecule has 0 spiro atoms. The van der Waals surface area contributed by atoms with Crippen LogP contribution in [-0.2, 0) is 9.53 Å². The van der Waals surface area contributed by atoms with Gasteiger partial charge in [-0.05, 0) is 32.4 Å². The zero-order chi connectivity index (χ0) is 10.4. The molecule has 14 heavy (non-hydrogen) atoms. The van der Waals surface area contributed by atoms with Crippen LogP contribution in [0.25, 0.3) is 0 Å². The SMILES string of the molecule is COC(=O)CCCN1CCC[C@@H](N)C1. The Kier molecular flexibility index (Phi) is 4.90. The minimum Gasteiger partial charge on any atom is -0.469 e. The summed E-state index contributed by atoms with van der Waals surface area (Å²) in [4.78, 5) is 13.2. The lowest BCUT2D eigenvalue weighted by Crippen LogP contribution is -2.43. The summed E-state index contributed by atoms with van der Waals surface area (Å²) in [5.74, 6) is -0.119. The summed E-state index contributed by atoms with van der Waals surface area (Å²) in [6, 6.07) is 0.321. The van der Waals surface area contributed by atoms with Gasteiger partial charge in [-0.25, -0.2) is 0 Å². The van der Waals surface area contributed by atoms with Gasteiger partial charge in [0.15, 0.2) is 0 Å². The fourth-order valence-electron chi connectivity index (χ4n) is 1.84. The Bertz CT molecular complexity index is 185. The van der Waals surface area contributed by atoms with Crippen LogP contribution in [0, 0.1) is 0 Å². The highest BCUT2D eigenvalue weighted by atomic mass is 16.5. The van der Waals surface area contributed by atoms with Gasteiger partial charge in [0, 0.05) is 19.0 Å². The summed E-state index contributed by atoms with van der Waals surface area (Å²) in [6.07, 6.45) is 3.70. The molecule has 4 nitrogen and oxygen atoms in total. The van der Waals surface area contributed by atoms with E-state index in [0.29, 0.717) is 12.5 Å². The summed E-state index contributed by atoms with van der Waals surface area (Å²) in [6.45, 7) is 3.05. The number of ether oxygens (including phenoxy) is 1. The zero-order valence-electron chi connectivity index (χ0n) is 8.87. The van der Waals surface area contributed by atoms with Crippen molar-refractivity contribution in [3.8, 4) is 0 Å². The number of nitrogens with zero attached hydrogens (tertiary/aromatic N) is 1. The first kappa shape index (κ1) is 11.5. The quantitative estimate of drug-likeness (QED) is 0.666. The molecule has 82 valence electrons. The van der Waals surface area contributed by atoms with Crippen molar-refractivity contribution in [1.82, 2.24) is 4.90 Å². The minimum atomic E-state index is -0.119. The van der Waals surface area contributed by atoms with Crippen molar-refractivity contribution in [3.05, 3.63) is 0 Å². The topological polar surface area (TPSA) is 55.6 Å². The number of nitrogens with two attached hydrogens (primary N) is 1. The summed E-state index contributed by atoms with van der Waals surface area (Å²) in [7, 11) is 1.43. The Morgan fingerprint density at radius 3 is 3.07 bits per heavy atom. The van der Waals surface area contributed by atoms with Crippen molar-refractivity contribution in [2.75, 3.05) is 26.7 Å². The lowest BCUT2D eigenvalue weighted by atomic mass is 10.1. The van der Waals surface area contributed by atoms with Crippen LogP contribution in [0.1, 0.15) is 25.7 Å². The Balaban J connectivity index is 2.08. The van der Waals surface area contributed by atoms with Gasteiger partial charge in [-0.3, -0.25) is 4.79 Å². The third kappa shape index (κ3) is 4.07. The van der Waals surface area contributed by atoms with Crippen molar-refractivity contribution in [3.63, 3.8) is 0 Å². The molecule has 1 saturated heterocycles. The molecule has 0 aromatic carbocycles. The third-order valence-electron chi connectivity index (χ3n) is 2.62. The molecule has 1 aliphatic rings. The van der Waals surface area contributed by atoms with Crippen LogP contribution in [0.5, 0.6) is 0 Å². The van der Waals surface area contributed by atoms with E-state index in [1.54, 1.807) is 0 Å². The van der Waals surface area contributed by atoms with Gasteiger partial charge in [0.25, 0.3) is 0 Å². The number of hydrogen-bond acceptors (Lipinski definition) is 4. The maximum atomic E-state index is 10.9. The monoisotopic (exact) mass is 200 g/mol. The number of rotatable bonds is 4. The number of hydrogen-bond donors (Lipinski definition) is 1. The van der Waals surface area contributed by atoms with Crippen LogP contribution in [0.2, 0.25) is 0 Å². The van der Waals surface area contributed by atoms with Crippen LogP contribution >= 0.6 is 0 Å². The molecule has 4 heteroatoms. The molecule has 0 aromatic rings. The molecule has 2 N–H and O–H groups in total. The number of methoxy groups -OCH3 is 1. The maximum Gasteiger partial charge on any atom is 0.305 e. The first-order valence-corrected chi connectivity index (χ1v) is 5.27. The van der Waals surface area contributed by atoms with Crippen molar-refractivity contribution < 1.29 is 9.53 Å². The fraction of sp³-hybridized carbons (Fsp3) is 0.900. The summed E-state index contributed by atoms with van der Waals surface area (Å²) in [5.41, 5.74) is 5.85. The second-order valence-corrected chi connectivity index (χ2v) is 3.88. The Labute approximate surface area is 85.4 Å². The van der Waals surface area contributed by atoms with Gasteiger partial charge in [0.2, 0.25) is 0 Å². The summed E-state index contributed by atoms with van der Waals surface area (Å²) < 4.78 is 4.58. The van der Waals surface area contributed by atoms with Gasteiger partial charge in [0.1, 0.15) is 0 Å². The normalized spacial score (nSPS) is 23.4. The molecule has 0 aromatic heterocycles. The number of likely N-dealkylation sites (tertiary alicyclic amines) is 1. The van der Waals surface area contributed by atoms with E-state index in [-0.39, 0.29) is 5.97 Å². The van der Waals surface area contributed by atoms with Gasteiger partial charge < -0.3 is 15.4 Å². The highest BCUT2D eigenvalue weighted by Crippen LogP contribution is 2.08. The smallest absolute Gasteiger partial charge is 0.305 e. The van der Waals surface area contributed by atoms with E-state index in [0.717, 1.165) is 32.5 Å². The second kappa shape index (κ2) is 5.98. The number of piperidine rings is 1. The minimum absolute atomic E-state index is 0.119. The van der Waals surface area contributed by atoms with Crippen LogP contribution < -0.4 is 5.73 Å². The van der Waals surface area contributed by atoms with Crippen LogP contribution in [-0.4, -0.2) is 43.7 Å². The molecule has 0 amide bonds. The average molecular weight is 200 g/mol. The molecular formula is C10H20N2O2. The fourth-order valence-corrected chi connectivity index (χ4v) is 1.84. The zero-order valence-corrected chi connectivity index (χ0v) is 8.87. The van der Waals surface area contributed by atoms with Crippen molar-refractivity contribution in [1.29, 1.82) is 0 Å². The average Bonchev–Trinajstić information content (AvgIpc) is 2.17. The van der Waals surface area contributed by atoms with Crippen molar-refractivity contribution in [2.45, 2.75) is 31.7 Å². The van der Waals surface area contributed by atoms with Gasteiger partial charge in [0.05, 0.1) is 7.11 Å². The molecule has 0 radical (unpaired) electrons. The van der Waals surface area contributed by atoms with E-state index >= 15 is 0 Å². The third-order valence-corrected chi connectivity index (χ3v) is 2.62. The number of esters is 1. The molecule has 0 aliphatic carbocycles. The predicted molar refractivity (Wildman–Crippen MR) is 54.9 cm³/mol. The summed E-state index contributed by atoms with van der Waals surface area (Å²) >= 11 is 0. The van der Waals surface area contributed by atoms with E-state index in [4.69, 9.17) is 5.73 Å². The first-order chi connectivity index (χ1) is 6.72. The predicted octanol–water partition coefficient (Wildman–Crippen LogP) is 0.363. The van der Waals surface area contributed by atoms with E-state index in [2.05, 4.69) is 9.64 Å². The number of carbonyl (C=O) groups excluding carboxylic acids is 1. The van der Waals surface area contributed by atoms with Gasteiger partial charge in [-0.2, -0.15) is 0 Å². The molecule has 0 saturated carbocycles. The van der Waals surface area contributed by atoms with Crippen LogP contribution in [0.3, 0.4) is 0 Å². The second-order valence-electron chi connectivity index (χ2n) is 3.88. The standard InChI is InChI=1S/C10H20N2O2/c1-14-10(13)5-3-7-12-6-2-4-9(11)8-12/h9H,2-8,11H2,1H3/t9-/m1/s1. The molecule has 0 bridgehead atoms. The van der Waals surface area contributed by atoms with Gasteiger partial charge in [-0.15, -0.1) is 0 Å². The highest BCUT2D eigenvalue weighted by molar-refractivity contribution is 5.69. The Morgan fingerprint density at radius 1 is 1.64 bits per heavy atom. The molecule has 0 unspecified atom stereocenters. The van der Waals surface area contributed by atoms with E-state index in [9.17, 15) is 4.79 Å². The molecule has 1 rings (SSSR count). The molecule has 1 fully saturated rings. The maximum absolute atomic E-state index is 10.9. The van der Waals surface area contributed by atoms with Gasteiger partial charge in [-0.1, -0.05) is 0 Å². The van der Waals surface area contributed by atoms with Crippen molar-refractivity contribution in [2.24, 2.45) is 5.73 Å². The summed E-state index contributed by atoms with van der Waals surface area (Å²) in [5, 5.41) is 0. The molecule has 1 atom stereocenters. The molecule has 1 heterocycles. The van der Waals surface area contributed by atoms with E-state index in [1.807, 2.05) is 0 Å². The van der Waals surface area contributed by atoms with Gasteiger partial charge >= 0.3 is 5.97 Å². The van der Waals surface area contributed by atoms with Crippen LogP contribution in [0.4, 0.5) is 0 Å². The van der Waals surface area contributed by atoms with Crippen LogP contribution in [0.15, 0.2) is 0 Å². The lowest BCUT2D eigenvalue weighted by molar-refractivity contribution is -0.140. The largest absolute Gasteiger partial charge is 0.469 e. The molecular weight excluding hydrogens is 180 g/mol. The number of carbonyl (C=O) groups is 1. The Morgan fingerprint density at radius 2 is 2.43 bits per heavy atom. The molecule has 1 aliphatic heterocycles. The first-order valence-electron chi connectivity index (χ1n) is 5.27. The van der Waals surface area contributed by atoms with Crippen molar-refractivity contribution >= 4 is 5.97 Å².